The molecule has 0 aliphatic carbocycles. The topological polar surface area (TPSA) is 66.1 Å². The van der Waals surface area contributed by atoms with Crippen LogP contribution in [0.1, 0.15) is 24.1 Å². The molecule has 0 saturated heterocycles. The summed E-state index contributed by atoms with van der Waals surface area (Å²) in [5, 5.41) is 6.08. The monoisotopic (exact) mass is 331 g/mol. The number of nitrogens with zero attached hydrogens (tertiary/aromatic N) is 2. The lowest BCUT2D eigenvalue weighted by atomic mass is 10.1. The molecule has 1 aromatic heterocycles. The first kappa shape index (κ1) is 15.9. The largest absolute Gasteiger partial charge is 0.266 e. The fourth-order valence-electron chi connectivity index (χ4n) is 1.98. The molecule has 1 N–H and O–H groups in total. The van der Waals surface area contributed by atoms with Crippen LogP contribution in [0.4, 0.5) is 4.39 Å². The average Bonchev–Trinajstić information content (AvgIpc) is 2.95. The van der Waals surface area contributed by atoms with Crippen molar-refractivity contribution in [2.75, 3.05) is 7.05 Å². The minimum absolute atomic E-state index is 0.0208. The Balaban J connectivity index is 2.39. The van der Waals surface area contributed by atoms with Crippen LogP contribution in [-0.4, -0.2) is 30.0 Å². The van der Waals surface area contributed by atoms with Crippen molar-refractivity contribution in [2.45, 2.75) is 23.9 Å². The van der Waals surface area contributed by atoms with E-state index in [1.54, 1.807) is 25.1 Å². The number of aromatic nitrogens is 2. The molecule has 0 spiro atoms. The zero-order chi connectivity index (χ0) is 15.6. The van der Waals surface area contributed by atoms with Gasteiger partial charge in [0.15, 0.2) is 5.03 Å². The van der Waals surface area contributed by atoms with Gasteiger partial charge in [-0.15, -0.1) is 11.6 Å². The molecule has 1 aromatic carbocycles. The molecular weight excluding hydrogens is 317 g/mol. The van der Waals surface area contributed by atoms with Gasteiger partial charge < -0.3 is 0 Å². The summed E-state index contributed by atoms with van der Waals surface area (Å²) in [4.78, 5) is 0. The van der Waals surface area contributed by atoms with Crippen molar-refractivity contribution < 1.29 is 12.8 Å². The van der Waals surface area contributed by atoms with E-state index in [9.17, 15) is 12.8 Å². The third kappa shape index (κ3) is 2.95. The number of nitrogens with one attached hydrogen (secondary N) is 1. The van der Waals surface area contributed by atoms with E-state index in [4.69, 9.17) is 11.6 Å². The molecule has 0 bridgehead atoms. The van der Waals surface area contributed by atoms with Gasteiger partial charge in [-0.25, -0.2) is 12.8 Å². The SMILES string of the molecule is CC(c1ccccc1F)N(C)S(=O)(=O)c1[nH]ncc1CCl. The quantitative estimate of drug-likeness (QED) is 0.857. The molecular formula is C13H15ClFN3O2S. The van der Waals surface area contributed by atoms with Gasteiger partial charge in [0, 0.05) is 24.2 Å². The molecule has 8 heteroatoms. The summed E-state index contributed by atoms with van der Waals surface area (Å²) in [7, 11) is -2.44. The fraction of sp³-hybridized carbons (Fsp3) is 0.308. The number of sulfonamides is 1. The number of aromatic amines is 1. The molecule has 1 atom stereocenters. The van der Waals surface area contributed by atoms with E-state index >= 15 is 0 Å². The number of rotatable bonds is 5. The number of benzene rings is 1. The zero-order valence-electron chi connectivity index (χ0n) is 11.5. The first-order valence-electron chi connectivity index (χ1n) is 6.20. The van der Waals surface area contributed by atoms with Crippen LogP contribution < -0.4 is 0 Å². The maximum absolute atomic E-state index is 13.8. The maximum Gasteiger partial charge on any atom is 0.260 e. The van der Waals surface area contributed by atoms with E-state index in [-0.39, 0.29) is 10.9 Å². The van der Waals surface area contributed by atoms with Crippen molar-refractivity contribution in [1.29, 1.82) is 0 Å². The van der Waals surface area contributed by atoms with Gasteiger partial charge >= 0.3 is 0 Å². The molecule has 2 aromatic rings. The van der Waals surface area contributed by atoms with Crippen molar-refractivity contribution in [3.8, 4) is 0 Å². The third-order valence-corrected chi connectivity index (χ3v) is 5.59. The Bertz CT molecular complexity index is 733. The second kappa shape index (κ2) is 6.13. The summed E-state index contributed by atoms with van der Waals surface area (Å²) in [5.41, 5.74) is 0.680. The minimum atomic E-state index is -3.84. The van der Waals surface area contributed by atoms with Crippen molar-refractivity contribution in [3.05, 3.63) is 47.4 Å². The van der Waals surface area contributed by atoms with Gasteiger partial charge in [0.25, 0.3) is 10.0 Å². The Morgan fingerprint density at radius 2 is 2.10 bits per heavy atom. The molecule has 0 fully saturated rings. The van der Waals surface area contributed by atoms with Gasteiger partial charge in [-0.1, -0.05) is 18.2 Å². The standard InChI is InChI=1S/C13H15ClFN3O2S/c1-9(11-5-3-4-6-12(11)15)18(2)21(19,20)13-10(7-14)8-16-17-13/h3-6,8-9H,7H2,1-2H3,(H,16,17). The smallest absolute Gasteiger partial charge is 0.260 e. The minimum Gasteiger partial charge on any atom is -0.266 e. The van der Waals surface area contributed by atoms with Crippen molar-refractivity contribution in [3.63, 3.8) is 0 Å². The van der Waals surface area contributed by atoms with E-state index < -0.39 is 21.9 Å². The predicted molar refractivity (Wildman–Crippen MR) is 77.9 cm³/mol. The number of hydrogen-bond donors (Lipinski definition) is 1. The number of hydrogen-bond acceptors (Lipinski definition) is 3. The van der Waals surface area contributed by atoms with Gasteiger partial charge in [0.1, 0.15) is 5.82 Å². The van der Waals surface area contributed by atoms with Gasteiger partial charge in [0.2, 0.25) is 0 Å². The summed E-state index contributed by atoms with van der Waals surface area (Å²) in [5.74, 6) is -0.429. The van der Waals surface area contributed by atoms with E-state index in [0.29, 0.717) is 11.1 Å². The predicted octanol–water partition coefficient (Wildman–Crippen LogP) is 2.67. The Labute approximate surface area is 127 Å². The Morgan fingerprint density at radius 1 is 1.43 bits per heavy atom. The zero-order valence-corrected chi connectivity index (χ0v) is 13.1. The number of halogens is 2. The van der Waals surface area contributed by atoms with Crippen LogP contribution in [-0.2, 0) is 15.9 Å². The maximum atomic E-state index is 13.8. The van der Waals surface area contributed by atoms with Crippen LogP contribution in [0.5, 0.6) is 0 Å². The van der Waals surface area contributed by atoms with E-state index in [1.807, 2.05) is 0 Å². The molecule has 0 aliphatic rings. The van der Waals surface area contributed by atoms with Gasteiger partial charge in [-0.2, -0.15) is 9.40 Å². The molecule has 5 nitrogen and oxygen atoms in total. The van der Waals surface area contributed by atoms with Gasteiger partial charge in [-0.3, -0.25) is 5.10 Å². The van der Waals surface area contributed by atoms with Crippen LogP contribution in [0.2, 0.25) is 0 Å². The van der Waals surface area contributed by atoms with E-state index in [2.05, 4.69) is 10.2 Å². The highest BCUT2D eigenvalue weighted by atomic mass is 35.5. The molecule has 0 radical (unpaired) electrons. The van der Waals surface area contributed by atoms with Crippen LogP contribution in [0.25, 0.3) is 0 Å². The third-order valence-electron chi connectivity index (χ3n) is 3.36. The first-order valence-corrected chi connectivity index (χ1v) is 8.17. The van der Waals surface area contributed by atoms with Crippen LogP contribution in [0, 0.1) is 5.82 Å². The summed E-state index contributed by atoms with van der Waals surface area (Å²) < 4.78 is 40.1. The highest BCUT2D eigenvalue weighted by Crippen LogP contribution is 2.28. The van der Waals surface area contributed by atoms with E-state index in [1.165, 1.54) is 19.3 Å². The van der Waals surface area contributed by atoms with Crippen molar-refractivity contribution in [1.82, 2.24) is 14.5 Å². The lowest BCUT2D eigenvalue weighted by Crippen LogP contribution is -2.31. The Morgan fingerprint density at radius 3 is 2.71 bits per heavy atom. The highest BCUT2D eigenvalue weighted by Gasteiger charge is 2.30. The van der Waals surface area contributed by atoms with Crippen molar-refractivity contribution in [2.24, 2.45) is 0 Å². The molecule has 1 unspecified atom stereocenters. The second-order valence-corrected chi connectivity index (χ2v) is 6.78. The van der Waals surface area contributed by atoms with E-state index in [0.717, 1.165) is 4.31 Å². The summed E-state index contributed by atoms with van der Waals surface area (Å²) in [6.07, 6.45) is 1.36. The molecule has 1 heterocycles. The summed E-state index contributed by atoms with van der Waals surface area (Å²) >= 11 is 5.70. The molecule has 2 rings (SSSR count). The first-order chi connectivity index (χ1) is 9.89. The lowest BCUT2D eigenvalue weighted by molar-refractivity contribution is 0.385. The van der Waals surface area contributed by atoms with Gasteiger partial charge in [-0.05, 0) is 13.0 Å². The average molecular weight is 332 g/mol. The lowest BCUT2D eigenvalue weighted by Gasteiger charge is -2.24. The summed E-state index contributed by atoms with van der Waals surface area (Å²) in [6, 6.07) is 5.41. The van der Waals surface area contributed by atoms with Gasteiger partial charge in [0.05, 0.1) is 12.1 Å². The highest BCUT2D eigenvalue weighted by molar-refractivity contribution is 7.89. The van der Waals surface area contributed by atoms with Crippen LogP contribution in [0.15, 0.2) is 35.5 Å². The van der Waals surface area contributed by atoms with Crippen LogP contribution in [0.3, 0.4) is 0 Å². The second-order valence-electron chi connectivity index (χ2n) is 4.58. The Kier molecular flexibility index (Phi) is 4.65. The number of alkyl halides is 1. The summed E-state index contributed by atoms with van der Waals surface area (Å²) in [6.45, 7) is 1.62. The molecule has 0 amide bonds. The normalized spacial score (nSPS) is 13.6. The molecule has 21 heavy (non-hydrogen) atoms. The number of H-pyrrole nitrogens is 1. The van der Waals surface area contributed by atoms with Crippen molar-refractivity contribution >= 4 is 21.6 Å². The van der Waals surface area contributed by atoms with Crippen LogP contribution >= 0.6 is 11.6 Å². The molecule has 114 valence electrons. The molecule has 0 aliphatic heterocycles. The molecule has 0 saturated carbocycles. The Hall–Kier alpha value is -1.44. The fourth-order valence-corrected chi connectivity index (χ4v) is 3.70.